The Morgan fingerprint density at radius 2 is 1.91 bits per heavy atom. The SMILES string of the molecule is CCOC(=O)C1CCCN(Cc2cn(C3CCCCC3OC(=O)COc3ccccc3)nn2)C1. The van der Waals surface area contributed by atoms with Crippen LogP contribution in [-0.2, 0) is 25.6 Å². The highest BCUT2D eigenvalue weighted by Gasteiger charge is 2.32. The van der Waals surface area contributed by atoms with E-state index in [9.17, 15) is 9.59 Å². The summed E-state index contributed by atoms with van der Waals surface area (Å²) in [5, 5.41) is 8.74. The van der Waals surface area contributed by atoms with Crippen molar-refractivity contribution in [1.29, 1.82) is 0 Å². The molecule has 1 aliphatic carbocycles. The van der Waals surface area contributed by atoms with Gasteiger partial charge in [-0.25, -0.2) is 9.48 Å². The monoisotopic (exact) mass is 470 g/mol. The van der Waals surface area contributed by atoms with Crippen LogP contribution in [0.3, 0.4) is 0 Å². The van der Waals surface area contributed by atoms with Gasteiger partial charge in [0, 0.05) is 13.1 Å². The fourth-order valence-corrected chi connectivity index (χ4v) is 4.81. The molecular weight excluding hydrogens is 436 g/mol. The Bertz CT molecular complexity index is 934. The highest BCUT2D eigenvalue weighted by Crippen LogP contribution is 2.31. The van der Waals surface area contributed by atoms with Gasteiger partial charge < -0.3 is 14.2 Å². The van der Waals surface area contributed by atoms with E-state index in [-0.39, 0.29) is 36.6 Å². The van der Waals surface area contributed by atoms with E-state index in [4.69, 9.17) is 14.2 Å². The minimum atomic E-state index is -0.376. The molecule has 0 radical (unpaired) electrons. The minimum Gasteiger partial charge on any atom is -0.482 e. The molecule has 4 rings (SSSR count). The third-order valence-corrected chi connectivity index (χ3v) is 6.46. The van der Waals surface area contributed by atoms with Crippen LogP contribution < -0.4 is 4.74 Å². The summed E-state index contributed by atoms with van der Waals surface area (Å²) in [5.74, 6) is 0.0748. The first-order chi connectivity index (χ1) is 16.6. The number of para-hydroxylation sites is 1. The number of carbonyl (C=O) groups is 2. The molecule has 1 saturated carbocycles. The van der Waals surface area contributed by atoms with Gasteiger partial charge >= 0.3 is 11.9 Å². The molecule has 0 bridgehead atoms. The summed E-state index contributed by atoms with van der Waals surface area (Å²) in [6, 6.07) is 9.20. The second kappa shape index (κ2) is 12.0. The van der Waals surface area contributed by atoms with Crippen molar-refractivity contribution < 1.29 is 23.8 Å². The first-order valence-corrected chi connectivity index (χ1v) is 12.3. The average Bonchev–Trinajstić information content (AvgIpc) is 3.32. The molecule has 3 unspecified atom stereocenters. The summed E-state index contributed by atoms with van der Waals surface area (Å²) in [6.07, 6.45) is 7.28. The molecular formula is C25H34N4O5. The van der Waals surface area contributed by atoms with Gasteiger partial charge in [-0.3, -0.25) is 9.69 Å². The first-order valence-electron chi connectivity index (χ1n) is 12.3. The minimum absolute atomic E-state index is 0.0377. The van der Waals surface area contributed by atoms with Crippen molar-refractivity contribution in [3.8, 4) is 5.75 Å². The van der Waals surface area contributed by atoms with Crippen molar-refractivity contribution in [2.75, 3.05) is 26.3 Å². The quantitative estimate of drug-likeness (QED) is 0.516. The van der Waals surface area contributed by atoms with Gasteiger partial charge in [-0.1, -0.05) is 29.8 Å². The normalized spacial score (nSPS) is 23.3. The molecule has 2 aromatic rings. The highest BCUT2D eigenvalue weighted by molar-refractivity contribution is 5.72. The van der Waals surface area contributed by atoms with Crippen LogP contribution in [0.25, 0.3) is 0 Å². The van der Waals surface area contributed by atoms with E-state index in [0.29, 0.717) is 25.4 Å². The smallest absolute Gasteiger partial charge is 0.344 e. The third kappa shape index (κ3) is 6.56. The maximum absolute atomic E-state index is 12.4. The van der Waals surface area contributed by atoms with Gasteiger partial charge in [0.2, 0.25) is 0 Å². The Morgan fingerprint density at radius 3 is 2.74 bits per heavy atom. The molecule has 2 aliphatic rings. The number of rotatable bonds is 9. The molecule has 2 fully saturated rings. The van der Waals surface area contributed by atoms with Gasteiger partial charge in [0.25, 0.3) is 0 Å². The van der Waals surface area contributed by atoms with Gasteiger partial charge in [-0.15, -0.1) is 5.10 Å². The lowest BCUT2D eigenvalue weighted by Gasteiger charge is -2.31. The number of carbonyl (C=O) groups excluding carboxylic acids is 2. The lowest BCUT2D eigenvalue weighted by molar-refractivity contribution is -0.155. The number of aromatic nitrogens is 3. The molecule has 1 aliphatic heterocycles. The van der Waals surface area contributed by atoms with E-state index < -0.39 is 0 Å². The van der Waals surface area contributed by atoms with Gasteiger partial charge in [-0.05, 0) is 57.7 Å². The van der Waals surface area contributed by atoms with Crippen LogP contribution in [0, 0.1) is 5.92 Å². The molecule has 9 heteroatoms. The predicted octanol–water partition coefficient (Wildman–Crippen LogP) is 3.16. The Hall–Kier alpha value is -2.94. The van der Waals surface area contributed by atoms with Crippen LogP contribution in [-0.4, -0.2) is 64.2 Å². The number of benzene rings is 1. The maximum Gasteiger partial charge on any atom is 0.344 e. The fourth-order valence-electron chi connectivity index (χ4n) is 4.81. The van der Waals surface area contributed by atoms with Crippen LogP contribution in [0.2, 0.25) is 0 Å². The van der Waals surface area contributed by atoms with Crippen molar-refractivity contribution >= 4 is 11.9 Å². The van der Waals surface area contributed by atoms with Crippen molar-refractivity contribution in [3.63, 3.8) is 0 Å². The standard InChI is InChI=1S/C25H34N4O5/c1-2-32-25(31)19-9-8-14-28(15-19)16-20-17-29(27-26-20)22-12-6-7-13-23(22)34-24(30)18-33-21-10-4-3-5-11-21/h3-5,10-11,17,19,22-23H,2,6-9,12-16,18H2,1H3. The number of esters is 2. The summed E-state index contributed by atoms with van der Waals surface area (Å²) >= 11 is 0. The second-order valence-electron chi connectivity index (χ2n) is 9.00. The van der Waals surface area contributed by atoms with Gasteiger partial charge in [-0.2, -0.15) is 0 Å². The molecule has 184 valence electrons. The Morgan fingerprint density at radius 1 is 1.09 bits per heavy atom. The molecule has 1 aromatic carbocycles. The number of hydrogen-bond acceptors (Lipinski definition) is 8. The number of hydrogen-bond donors (Lipinski definition) is 0. The number of ether oxygens (including phenoxy) is 3. The summed E-state index contributed by atoms with van der Waals surface area (Å²) in [4.78, 5) is 26.8. The summed E-state index contributed by atoms with van der Waals surface area (Å²) in [7, 11) is 0. The van der Waals surface area contributed by atoms with E-state index in [2.05, 4.69) is 15.2 Å². The van der Waals surface area contributed by atoms with E-state index >= 15 is 0 Å². The van der Waals surface area contributed by atoms with E-state index in [1.54, 1.807) is 0 Å². The van der Waals surface area contributed by atoms with Crippen LogP contribution in [0.5, 0.6) is 5.75 Å². The zero-order valence-electron chi connectivity index (χ0n) is 19.8. The van der Waals surface area contributed by atoms with Crippen molar-refractivity contribution in [1.82, 2.24) is 19.9 Å². The van der Waals surface area contributed by atoms with E-state index in [1.807, 2.05) is 48.1 Å². The average molecular weight is 471 g/mol. The lowest BCUT2D eigenvalue weighted by Crippen LogP contribution is -2.39. The molecule has 2 heterocycles. The zero-order valence-corrected chi connectivity index (χ0v) is 19.8. The largest absolute Gasteiger partial charge is 0.482 e. The molecule has 0 N–H and O–H groups in total. The molecule has 34 heavy (non-hydrogen) atoms. The maximum atomic E-state index is 12.4. The van der Waals surface area contributed by atoms with Crippen LogP contribution in [0.4, 0.5) is 0 Å². The molecule has 0 amide bonds. The van der Waals surface area contributed by atoms with E-state index in [1.165, 1.54) is 0 Å². The molecule has 9 nitrogen and oxygen atoms in total. The third-order valence-electron chi connectivity index (χ3n) is 6.46. The van der Waals surface area contributed by atoms with Crippen molar-refractivity contribution in [2.45, 2.75) is 64.1 Å². The number of likely N-dealkylation sites (tertiary alicyclic amines) is 1. The highest BCUT2D eigenvalue weighted by atomic mass is 16.6. The summed E-state index contributed by atoms with van der Waals surface area (Å²) in [5.41, 5.74) is 0.854. The topological polar surface area (TPSA) is 95.8 Å². The second-order valence-corrected chi connectivity index (χ2v) is 9.00. The van der Waals surface area contributed by atoms with Crippen molar-refractivity contribution in [2.24, 2.45) is 5.92 Å². The Kier molecular flexibility index (Phi) is 8.51. The zero-order chi connectivity index (χ0) is 23.8. The van der Waals surface area contributed by atoms with Crippen LogP contribution in [0.1, 0.15) is 57.2 Å². The number of nitrogens with zero attached hydrogens (tertiary/aromatic N) is 4. The van der Waals surface area contributed by atoms with Gasteiger partial charge in [0.05, 0.1) is 30.5 Å². The Labute approximate surface area is 200 Å². The Balaban J connectivity index is 1.31. The predicted molar refractivity (Wildman–Crippen MR) is 124 cm³/mol. The van der Waals surface area contributed by atoms with E-state index in [0.717, 1.165) is 50.8 Å². The molecule has 3 atom stereocenters. The van der Waals surface area contributed by atoms with Crippen molar-refractivity contribution in [3.05, 3.63) is 42.2 Å². The first kappa shape index (κ1) is 24.2. The number of piperidine rings is 1. The van der Waals surface area contributed by atoms with Gasteiger partial charge in [0.15, 0.2) is 6.61 Å². The summed E-state index contributed by atoms with van der Waals surface area (Å²) < 4.78 is 18.4. The molecule has 0 spiro atoms. The van der Waals surface area contributed by atoms with Gasteiger partial charge in [0.1, 0.15) is 11.9 Å². The fraction of sp³-hybridized carbons (Fsp3) is 0.600. The lowest BCUT2D eigenvalue weighted by atomic mass is 9.92. The molecule has 1 saturated heterocycles. The van der Waals surface area contributed by atoms with Crippen LogP contribution in [0.15, 0.2) is 36.5 Å². The summed E-state index contributed by atoms with van der Waals surface area (Å²) in [6.45, 7) is 4.37. The molecule has 1 aromatic heterocycles. The van der Waals surface area contributed by atoms with Crippen LogP contribution >= 0.6 is 0 Å².